The Balaban J connectivity index is 1.38. The minimum Gasteiger partial charge on any atom is -0.481 e. The quantitative estimate of drug-likeness (QED) is 0.568. The summed E-state index contributed by atoms with van der Waals surface area (Å²) in [7, 11) is 0. The Morgan fingerprint density at radius 3 is 2.34 bits per heavy atom. The van der Waals surface area contributed by atoms with Crippen LogP contribution in [0.15, 0.2) is 48.5 Å². The third-order valence-electron chi connectivity index (χ3n) is 5.67. The second kappa shape index (κ2) is 8.82. The van der Waals surface area contributed by atoms with Gasteiger partial charge in [0.05, 0.1) is 0 Å². The number of halogens is 1. The van der Waals surface area contributed by atoms with Crippen molar-refractivity contribution in [3.63, 3.8) is 0 Å². The van der Waals surface area contributed by atoms with Gasteiger partial charge in [0, 0.05) is 18.4 Å². The summed E-state index contributed by atoms with van der Waals surface area (Å²) in [5.74, 6) is -0.0858. The first-order valence-corrected chi connectivity index (χ1v) is 10.8. The lowest BCUT2D eigenvalue weighted by molar-refractivity contribution is -0.138. The molecule has 3 aromatic rings. The smallest absolute Gasteiger partial charge is 0.303 e. The van der Waals surface area contributed by atoms with Crippen molar-refractivity contribution >= 4 is 17.3 Å². The summed E-state index contributed by atoms with van der Waals surface area (Å²) < 4.78 is 13.0. The van der Waals surface area contributed by atoms with Gasteiger partial charge in [0.2, 0.25) is 0 Å². The summed E-state index contributed by atoms with van der Waals surface area (Å²) in [5, 5.41) is 19.4. The molecule has 1 N–H and O–H groups in total. The molecule has 1 fully saturated rings. The Labute approximate surface area is 173 Å². The molecule has 4 nitrogen and oxygen atoms in total. The molecule has 2 aromatic carbocycles. The highest BCUT2D eigenvalue weighted by atomic mass is 32.1. The van der Waals surface area contributed by atoms with Crippen LogP contribution in [0.1, 0.15) is 54.2 Å². The van der Waals surface area contributed by atoms with Crippen LogP contribution in [0.3, 0.4) is 0 Å². The zero-order valence-corrected chi connectivity index (χ0v) is 16.9. The van der Waals surface area contributed by atoms with Gasteiger partial charge < -0.3 is 5.11 Å². The van der Waals surface area contributed by atoms with E-state index in [9.17, 15) is 9.18 Å². The lowest BCUT2D eigenvalue weighted by Gasteiger charge is -2.28. The van der Waals surface area contributed by atoms with Gasteiger partial charge >= 0.3 is 5.97 Å². The van der Waals surface area contributed by atoms with Gasteiger partial charge in [-0.3, -0.25) is 4.79 Å². The summed E-state index contributed by atoms with van der Waals surface area (Å²) in [6, 6.07) is 15.0. The summed E-state index contributed by atoms with van der Waals surface area (Å²) in [4.78, 5) is 10.9. The monoisotopic (exact) mass is 410 g/mol. The highest BCUT2D eigenvalue weighted by molar-refractivity contribution is 7.14. The molecule has 0 spiro atoms. The van der Waals surface area contributed by atoms with Crippen LogP contribution in [0.4, 0.5) is 4.39 Å². The van der Waals surface area contributed by atoms with E-state index < -0.39 is 5.97 Å². The van der Waals surface area contributed by atoms with E-state index in [0.717, 1.165) is 46.8 Å². The number of nitrogens with zero attached hydrogens (tertiary/aromatic N) is 2. The Bertz CT molecular complexity index is 961. The van der Waals surface area contributed by atoms with E-state index in [1.165, 1.54) is 17.7 Å². The van der Waals surface area contributed by atoms with Crippen molar-refractivity contribution in [2.45, 2.75) is 44.4 Å². The summed E-state index contributed by atoms with van der Waals surface area (Å²) in [5.41, 5.74) is 3.39. The number of aromatic nitrogens is 2. The van der Waals surface area contributed by atoms with Crippen LogP contribution in [0.25, 0.3) is 10.6 Å². The van der Waals surface area contributed by atoms with Crippen molar-refractivity contribution in [3.05, 3.63) is 70.5 Å². The molecule has 0 amide bonds. The van der Waals surface area contributed by atoms with Crippen LogP contribution in [0, 0.1) is 11.7 Å². The highest BCUT2D eigenvalue weighted by Crippen LogP contribution is 2.37. The Morgan fingerprint density at radius 2 is 1.69 bits per heavy atom. The molecule has 1 heterocycles. The number of rotatable bonds is 6. The first-order chi connectivity index (χ1) is 14.1. The number of carboxylic acid groups (broad SMARTS) is 1. The number of hydrogen-bond donors (Lipinski definition) is 1. The van der Waals surface area contributed by atoms with Gasteiger partial charge in [-0.15, -0.1) is 10.2 Å². The molecule has 0 bridgehead atoms. The number of benzene rings is 2. The SMILES string of the molecule is O=C(O)CC1CCC(c2ccc(-c3nnc(Cc4ccc(F)cc4)s3)cc2)CC1. The van der Waals surface area contributed by atoms with Gasteiger partial charge in [0.15, 0.2) is 0 Å². The molecule has 1 saturated carbocycles. The predicted octanol–water partition coefficient (Wildman–Crippen LogP) is 5.68. The number of hydrogen-bond acceptors (Lipinski definition) is 4. The van der Waals surface area contributed by atoms with Crippen molar-refractivity contribution in [2.24, 2.45) is 5.92 Å². The molecule has 0 aliphatic heterocycles. The molecule has 0 saturated heterocycles. The average Bonchev–Trinajstić information content (AvgIpc) is 3.19. The normalized spacial score (nSPS) is 19.2. The molecule has 4 rings (SSSR count). The lowest BCUT2D eigenvalue weighted by Crippen LogP contribution is -2.16. The minimum absolute atomic E-state index is 0.234. The highest BCUT2D eigenvalue weighted by Gasteiger charge is 2.24. The molecule has 29 heavy (non-hydrogen) atoms. The Kier molecular flexibility index (Phi) is 6.00. The van der Waals surface area contributed by atoms with E-state index >= 15 is 0 Å². The van der Waals surface area contributed by atoms with E-state index in [-0.39, 0.29) is 5.82 Å². The predicted molar refractivity (Wildman–Crippen MR) is 112 cm³/mol. The molecule has 0 atom stereocenters. The van der Waals surface area contributed by atoms with Crippen molar-refractivity contribution < 1.29 is 14.3 Å². The van der Waals surface area contributed by atoms with Crippen LogP contribution in [-0.4, -0.2) is 21.3 Å². The summed E-state index contributed by atoms with van der Waals surface area (Å²) in [6.45, 7) is 0. The zero-order valence-electron chi connectivity index (χ0n) is 16.1. The van der Waals surface area contributed by atoms with Crippen LogP contribution >= 0.6 is 11.3 Å². The first-order valence-electron chi connectivity index (χ1n) is 9.96. The lowest BCUT2D eigenvalue weighted by atomic mass is 9.77. The zero-order chi connectivity index (χ0) is 20.2. The van der Waals surface area contributed by atoms with Crippen LogP contribution in [-0.2, 0) is 11.2 Å². The van der Waals surface area contributed by atoms with Crippen molar-refractivity contribution in [3.8, 4) is 10.6 Å². The first kappa shape index (κ1) is 19.7. The van der Waals surface area contributed by atoms with E-state index in [1.807, 2.05) is 0 Å². The maximum absolute atomic E-state index is 13.0. The molecule has 1 aliphatic carbocycles. The average molecular weight is 411 g/mol. The van der Waals surface area contributed by atoms with E-state index in [1.54, 1.807) is 23.5 Å². The number of aliphatic carboxylic acids is 1. The molecule has 150 valence electrons. The van der Waals surface area contributed by atoms with E-state index in [0.29, 0.717) is 24.7 Å². The van der Waals surface area contributed by atoms with Gasteiger partial charge in [-0.1, -0.05) is 47.7 Å². The maximum Gasteiger partial charge on any atom is 0.303 e. The third-order valence-corrected chi connectivity index (χ3v) is 6.65. The fraction of sp³-hybridized carbons (Fsp3) is 0.348. The van der Waals surface area contributed by atoms with E-state index in [4.69, 9.17) is 5.11 Å². The summed E-state index contributed by atoms with van der Waals surface area (Å²) in [6.07, 6.45) is 5.03. The van der Waals surface area contributed by atoms with Crippen LogP contribution in [0.2, 0.25) is 0 Å². The minimum atomic E-state index is -0.686. The second-order valence-electron chi connectivity index (χ2n) is 7.74. The molecular weight excluding hydrogens is 387 g/mol. The van der Waals surface area contributed by atoms with Crippen molar-refractivity contribution in [2.75, 3.05) is 0 Å². The Morgan fingerprint density at radius 1 is 1.00 bits per heavy atom. The maximum atomic E-state index is 13.0. The molecule has 0 unspecified atom stereocenters. The van der Waals surface area contributed by atoms with Gasteiger partial charge in [-0.25, -0.2) is 4.39 Å². The second-order valence-corrected chi connectivity index (χ2v) is 8.80. The number of carboxylic acids is 1. The largest absolute Gasteiger partial charge is 0.481 e. The topological polar surface area (TPSA) is 63.1 Å². The molecule has 1 aliphatic rings. The van der Waals surface area contributed by atoms with Gasteiger partial charge in [-0.05, 0) is 60.8 Å². The molecule has 1 aromatic heterocycles. The fourth-order valence-corrected chi connectivity index (χ4v) is 4.94. The van der Waals surface area contributed by atoms with Crippen molar-refractivity contribution in [1.29, 1.82) is 0 Å². The third kappa shape index (κ3) is 5.07. The van der Waals surface area contributed by atoms with Crippen LogP contribution < -0.4 is 0 Å². The summed E-state index contributed by atoms with van der Waals surface area (Å²) >= 11 is 1.56. The van der Waals surface area contributed by atoms with E-state index in [2.05, 4.69) is 34.5 Å². The molecular formula is C23H23FN2O2S. The van der Waals surface area contributed by atoms with Gasteiger partial charge in [0.1, 0.15) is 15.8 Å². The molecule has 6 heteroatoms. The Hall–Kier alpha value is -2.60. The van der Waals surface area contributed by atoms with Crippen molar-refractivity contribution in [1.82, 2.24) is 10.2 Å². The standard InChI is InChI=1S/C23H23FN2O2S/c24-20-11-3-15(4-12-20)13-21-25-26-23(29-21)19-9-7-18(8-10-19)17-5-1-16(2-6-17)14-22(27)28/h3-4,7-12,16-17H,1-2,5-6,13-14H2,(H,27,28). The van der Waals surface area contributed by atoms with Gasteiger partial charge in [0.25, 0.3) is 0 Å². The fourth-order valence-electron chi connectivity index (χ4n) is 4.06. The van der Waals surface area contributed by atoms with Crippen LogP contribution in [0.5, 0.6) is 0 Å². The number of carbonyl (C=O) groups is 1. The molecule has 0 radical (unpaired) electrons. The van der Waals surface area contributed by atoms with Gasteiger partial charge in [-0.2, -0.15) is 0 Å².